The summed E-state index contributed by atoms with van der Waals surface area (Å²) in [5, 5.41) is 0.0747. The fraction of sp³-hybridized carbons (Fsp3) is 0.367. The molecule has 0 N–H and O–H groups in total. The number of methoxy groups -OCH3 is 1. The van der Waals surface area contributed by atoms with Crippen LogP contribution in [0.1, 0.15) is 54.3 Å². The van der Waals surface area contributed by atoms with Gasteiger partial charge in [0.05, 0.1) is 43.1 Å². The predicted octanol–water partition coefficient (Wildman–Crippen LogP) is 8.03. The van der Waals surface area contributed by atoms with E-state index < -0.39 is 47.3 Å². The maximum absolute atomic E-state index is 13.5. The minimum atomic E-state index is -5.06. The highest BCUT2D eigenvalue weighted by Crippen LogP contribution is 2.42. The lowest BCUT2D eigenvalue weighted by Gasteiger charge is -2.23. The molecule has 0 aliphatic carbocycles. The van der Waals surface area contributed by atoms with Crippen molar-refractivity contribution < 1.29 is 50.1 Å². The van der Waals surface area contributed by atoms with Gasteiger partial charge in [0.1, 0.15) is 17.0 Å². The van der Waals surface area contributed by atoms with Crippen LogP contribution < -0.4 is 4.74 Å². The second-order valence-corrected chi connectivity index (χ2v) is 10.4. The van der Waals surface area contributed by atoms with Gasteiger partial charge in [-0.2, -0.15) is 26.3 Å². The highest BCUT2D eigenvalue weighted by atomic mass is 35.5. The third kappa shape index (κ3) is 7.37. The first-order chi connectivity index (χ1) is 20.6. The highest BCUT2D eigenvalue weighted by molar-refractivity contribution is 6.29. The zero-order valence-electron chi connectivity index (χ0n) is 23.7. The number of amides is 1. The molecule has 0 radical (unpaired) electrons. The van der Waals surface area contributed by atoms with E-state index in [1.807, 2.05) is 0 Å². The monoisotopic (exact) mass is 644 g/mol. The van der Waals surface area contributed by atoms with Crippen LogP contribution >= 0.6 is 11.6 Å². The summed E-state index contributed by atoms with van der Waals surface area (Å²) in [6.07, 6.45) is -12.0. The largest absolute Gasteiger partial charge is 0.496 e. The Balaban J connectivity index is 1.68. The smallest absolute Gasteiger partial charge is 0.416 e. The SMILES string of the molecule is CCOC(=O)CCc1ccc(OC)c(-c2ccc(Cl)nc2CN2C(=O)O[C@H](c3cc(C(F)(F)F)cc(C(F)(F)F)c3)[C@@H]2C)c1. The Kier molecular flexibility index (Phi) is 9.67. The average molecular weight is 645 g/mol. The molecule has 236 valence electrons. The zero-order chi connectivity index (χ0) is 32.4. The van der Waals surface area contributed by atoms with E-state index in [-0.39, 0.29) is 42.5 Å². The van der Waals surface area contributed by atoms with Crippen LogP contribution in [0.25, 0.3) is 11.1 Å². The predicted molar refractivity (Wildman–Crippen MR) is 147 cm³/mol. The highest BCUT2D eigenvalue weighted by Gasteiger charge is 2.43. The van der Waals surface area contributed by atoms with Gasteiger partial charge in [0.2, 0.25) is 0 Å². The van der Waals surface area contributed by atoms with Gasteiger partial charge in [0.15, 0.2) is 0 Å². The van der Waals surface area contributed by atoms with Gasteiger partial charge in [0.25, 0.3) is 0 Å². The number of ether oxygens (including phenoxy) is 3. The number of carbonyl (C=O) groups excluding carboxylic acids is 2. The number of nitrogens with zero attached hydrogens (tertiary/aromatic N) is 2. The van der Waals surface area contributed by atoms with Gasteiger partial charge in [0, 0.05) is 17.5 Å². The Labute approximate surface area is 253 Å². The van der Waals surface area contributed by atoms with Crippen LogP contribution in [0.15, 0.2) is 48.5 Å². The summed E-state index contributed by atoms with van der Waals surface area (Å²) in [4.78, 5) is 30.4. The van der Waals surface area contributed by atoms with Gasteiger partial charge in [-0.3, -0.25) is 9.69 Å². The summed E-state index contributed by atoms with van der Waals surface area (Å²) in [6.45, 7) is 3.16. The minimum Gasteiger partial charge on any atom is -0.496 e. The molecule has 0 saturated carbocycles. The first-order valence-electron chi connectivity index (χ1n) is 13.4. The summed E-state index contributed by atoms with van der Waals surface area (Å²) in [5.74, 6) is 0.0757. The van der Waals surface area contributed by atoms with E-state index in [2.05, 4.69) is 4.98 Å². The van der Waals surface area contributed by atoms with Gasteiger partial charge in [-0.25, -0.2) is 9.78 Å². The molecule has 1 amide bonds. The number of pyridine rings is 1. The standard InChI is InChI=1S/C30H27ClF6N2O5/c1-4-43-26(40)10-6-17-5-8-24(42-3)22(11-17)21-7-9-25(31)38-23(21)15-39-16(2)27(44-28(39)41)18-12-19(29(32,33)34)14-20(13-18)30(35,36)37/h5,7-9,11-14,16,27H,4,6,10,15H2,1-3H3/t16-,27-/m0/s1. The first-order valence-corrected chi connectivity index (χ1v) is 13.7. The number of alkyl halides is 6. The van der Waals surface area contributed by atoms with E-state index in [9.17, 15) is 35.9 Å². The van der Waals surface area contributed by atoms with Gasteiger partial charge < -0.3 is 14.2 Å². The molecule has 2 aromatic carbocycles. The Morgan fingerprint density at radius 2 is 1.66 bits per heavy atom. The number of carbonyl (C=O) groups is 2. The number of esters is 1. The molecular weight excluding hydrogens is 618 g/mol. The van der Waals surface area contributed by atoms with Crippen LogP contribution in [0.3, 0.4) is 0 Å². The fourth-order valence-corrected chi connectivity index (χ4v) is 5.07. The van der Waals surface area contributed by atoms with Crippen molar-refractivity contribution in [2.45, 2.75) is 57.7 Å². The van der Waals surface area contributed by atoms with Crippen LogP contribution in [0.2, 0.25) is 5.15 Å². The van der Waals surface area contributed by atoms with E-state index in [0.29, 0.717) is 35.4 Å². The average Bonchev–Trinajstić information content (AvgIpc) is 3.23. The van der Waals surface area contributed by atoms with E-state index in [1.54, 1.807) is 31.2 Å². The molecule has 2 heterocycles. The Bertz CT molecular complexity index is 1510. The normalized spacial score (nSPS) is 17.0. The van der Waals surface area contributed by atoms with Crippen molar-refractivity contribution in [3.05, 3.63) is 81.6 Å². The second kappa shape index (κ2) is 12.9. The summed E-state index contributed by atoms with van der Waals surface area (Å²) in [7, 11) is 1.45. The number of hydrogen-bond acceptors (Lipinski definition) is 6. The molecule has 7 nitrogen and oxygen atoms in total. The third-order valence-electron chi connectivity index (χ3n) is 7.07. The van der Waals surface area contributed by atoms with E-state index in [1.165, 1.54) is 20.1 Å². The van der Waals surface area contributed by atoms with Crippen LogP contribution in [0.4, 0.5) is 31.1 Å². The number of aryl methyl sites for hydroxylation is 1. The van der Waals surface area contributed by atoms with Crippen molar-refractivity contribution in [3.8, 4) is 16.9 Å². The van der Waals surface area contributed by atoms with Gasteiger partial charge >= 0.3 is 24.4 Å². The molecule has 0 spiro atoms. The Hall–Kier alpha value is -4.00. The molecule has 14 heteroatoms. The molecule has 1 saturated heterocycles. The van der Waals surface area contributed by atoms with E-state index in [4.69, 9.17) is 25.8 Å². The van der Waals surface area contributed by atoms with Gasteiger partial charge in [-0.1, -0.05) is 17.7 Å². The lowest BCUT2D eigenvalue weighted by Crippen LogP contribution is -2.32. The van der Waals surface area contributed by atoms with Crippen molar-refractivity contribution in [2.75, 3.05) is 13.7 Å². The number of rotatable bonds is 9. The molecule has 1 aliphatic rings. The molecule has 4 rings (SSSR count). The number of halogens is 7. The van der Waals surface area contributed by atoms with Gasteiger partial charge in [-0.15, -0.1) is 0 Å². The third-order valence-corrected chi connectivity index (χ3v) is 7.28. The summed E-state index contributed by atoms with van der Waals surface area (Å²) in [6, 6.07) is 8.53. The number of cyclic esters (lactones) is 1. The second-order valence-electron chi connectivity index (χ2n) is 9.98. The maximum atomic E-state index is 13.5. The molecule has 1 fully saturated rings. The molecule has 0 unspecified atom stereocenters. The number of aromatic nitrogens is 1. The van der Waals surface area contributed by atoms with Gasteiger partial charge in [-0.05, 0) is 73.9 Å². The molecule has 0 bridgehead atoms. The molecule has 3 aromatic rings. The number of benzene rings is 2. The molecular formula is C30H27ClF6N2O5. The van der Waals surface area contributed by atoms with E-state index >= 15 is 0 Å². The molecule has 1 aliphatic heterocycles. The van der Waals surface area contributed by atoms with Crippen molar-refractivity contribution in [1.82, 2.24) is 9.88 Å². The van der Waals surface area contributed by atoms with Crippen LogP contribution in [0.5, 0.6) is 5.75 Å². The number of hydrogen-bond donors (Lipinski definition) is 0. The van der Waals surface area contributed by atoms with E-state index in [0.717, 1.165) is 10.5 Å². The summed E-state index contributed by atoms with van der Waals surface area (Å²) < 4.78 is 96.7. The van der Waals surface area contributed by atoms with Crippen molar-refractivity contribution in [1.29, 1.82) is 0 Å². The topological polar surface area (TPSA) is 78.0 Å². The van der Waals surface area contributed by atoms with Crippen LogP contribution in [-0.4, -0.2) is 41.7 Å². The lowest BCUT2D eigenvalue weighted by atomic mass is 9.96. The summed E-state index contributed by atoms with van der Waals surface area (Å²) >= 11 is 6.19. The van der Waals surface area contributed by atoms with Crippen LogP contribution in [0, 0.1) is 0 Å². The fourth-order valence-electron chi connectivity index (χ4n) is 4.91. The minimum absolute atomic E-state index is 0.0130. The van der Waals surface area contributed by atoms with Crippen molar-refractivity contribution in [2.24, 2.45) is 0 Å². The van der Waals surface area contributed by atoms with Crippen molar-refractivity contribution >= 4 is 23.7 Å². The Morgan fingerprint density at radius 1 is 1.00 bits per heavy atom. The molecule has 1 aromatic heterocycles. The Morgan fingerprint density at radius 3 is 2.25 bits per heavy atom. The summed E-state index contributed by atoms with van der Waals surface area (Å²) in [5.41, 5.74) is -1.40. The molecule has 2 atom stereocenters. The zero-order valence-corrected chi connectivity index (χ0v) is 24.4. The quantitative estimate of drug-likeness (QED) is 0.133. The maximum Gasteiger partial charge on any atom is 0.416 e. The van der Waals surface area contributed by atoms with Crippen molar-refractivity contribution in [3.63, 3.8) is 0 Å². The molecule has 44 heavy (non-hydrogen) atoms. The first kappa shape index (κ1) is 32.9. The lowest BCUT2D eigenvalue weighted by molar-refractivity contribution is -0.144. The van der Waals surface area contributed by atoms with Crippen LogP contribution in [-0.2, 0) is 39.6 Å².